The average Bonchev–Trinajstić information content (AvgIpc) is 2.48. The minimum absolute atomic E-state index is 0.0232. The van der Waals surface area contributed by atoms with Crippen molar-refractivity contribution in [2.75, 3.05) is 6.54 Å². The molecule has 3 nitrogen and oxygen atoms in total. The molecule has 0 spiro atoms. The van der Waals surface area contributed by atoms with Gasteiger partial charge in [-0.3, -0.25) is 0 Å². The predicted molar refractivity (Wildman–Crippen MR) is 81.0 cm³/mol. The normalized spacial score (nSPS) is 10.6. The van der Waals surface area contributed by atoms with Crippen molar-refractivity contribution in [3.63, 3.8) is 0 Å². The fourth-order valence-electron chi connectivity index (χ4n) is 2.06. The minimum atomic E-state index is -0.0232. The fourth-order valence-corrected chi connectivity index (χ4v) is 2.06. The number of benzene rings is 2. The van der Waals surface area contributed by atoms with E-state index in [0.717, 1.165) is 30.0 Å². The Bertz CT molecular complexity index is 567. The molecule has 106 valence electrons. The highest BCUT2D eigenvalue weighted by Crippen LogP contribution is 2.28. The Morgan fingerprint density at radius 1 is 1.05 bits per heavy atom. The van der Waals surface area contributed by atoms with Gasteiger partial charge in [-0.05, 0) is 25.6 Å². The van der Waals surface area contributed by atoms with E-state index in [-0.39, 0.29) is 6.61 Å². The van der Waals surface area contributed by atoms with Crippen LogP contribution >= 0.6 is 0 Å². The summed E-state index contributed by atoms with van der Waals surface area (Å²) in [6, 6.07) is 13.7. The molecule has 0 aliphatic carbocycles. The minimum Gasteiger partial charge on any atom is -0.457 e. The lowest BCUT2D eigenvalue weighted by Crippen LogP contribution is -2.12. The van der Waals surface area contributed by atoms with Gasteiger partial charge < -0.3 is 15.2 Å². The quantitative estimate of drug-likeness (QED) is 0.846. The number of aryl methyl sites for hydroxylation is 1. The molecule has 0 atom stereocenters. The van der Waals surface area contributed by atoms with Gasteiger partial charge in [0.1, 0.15) is 11.5 Å². The van der Waals surface area contributed by atoms with E-state index in [2.05, 4.69) is 25.2 Å². The molecule has 2 rings (SSSR count). The van der Waals surface area contributed by atoms with Crippen molar-refractivity contribution < 1.29 is 9.84 Å². The third kappa shape index (κ3) is 3.59. The maximum Gasteiger partial charge on any atom is 0.132 e. The molecule has 0 aliphatic rings. The molecule has 0 amide bonds. The molecular weight excluding hydrogens is 250 g/mol. The van der Waals surface area contributed by atoms with Gasteiger partial charge in [-0.2, -0.15) is 0 Å². The maximum atomic E-state index is 9.36. The SMILES string of the molecule is CCNCc1cc(C)ccc1Oc1ccccc1CO. The summed E-state index contributed by atoms with van der Waals surface area (Å²) in [6.07, 6.45) is 0. The monoisotopic (exact) mass is 271 g/mol. The third-order valence-corrected chi connectivity index (χ3v) is 3.14. The summed E-state index contributed by atoms with van der Waals surface area (Å²) in [7, 11) is 0. The third-order valence-electron chi connectivity index (χ3n) is 3.14. The molecule has 0 heterocycles. The van der Waals surface area contributed by atoms with Gasteiger partial charge in [0.05, 0.1) is 6.61 Å². The Morgan fingerprint density at radius 3 is 2.55 bits per heavy atom. The molecule has 0 radical (unpaired) electrons. The lowest BCUT2D eigenvalue weighted by Gasteiger charge is -2.14. The van der Waals surface area contributed by atoms with Crippen molar-refractivity contribution in [2.24, 2.45) is 0 Å². The molecule has 20 heavy (non-hydrogen) atoms. The highest BCUT2D eigenvalue weighted by Gasteiger charge is 2.08. The van der Waals surface area contributed by atoms with Crippen LogP contribution in [0.4, 0.5) is 0 Å². The summed E-state index contributed by atoms with van der Waals surface area (Å²) in [4.78, 5) is 0. The number of hydrogen-bond donors (Lipinski definition) is 2. The van der Waals surface area contributed by atoms with E-state index in [9.17, 15) is 5.11 Å². The molecule has 0 bridgehead atoms. The summed E-state index contributed by atoms with van der Waals surface area (Å²) in [6.45, 7) is 5.82. The summed E-state index contributed by atoms with van der Waals surface area (Å²) < 4.78 is 5.98. The highest BCUT2D eigenvalue weighted by molar-refractivity contribution is 5.42. The first-order valence-corrected chi connectivity index (χ1v) is 6.91. The molecule has 0 saturated carbocycles. The first-order valence-electron chi connectivity index (χ1n) is 6.91. The van der Waals surface area contributed by atoms with E-state index in [1.807, 2.05) is 36.4 Å². The number of para-hydroxylation sites is 1. The van der Waals surface area contributed by atoms with E-state index < -0.39 is 0 Å². The Balaban J connectivity index is 2.28. The van der Waals surface area contributed by atoms with Gasteiger partial charge in [-0.15, -0.1) is 0 Å². The van der Waals surface area contributed by atoms with Crippen LogP contribution in [0.5, 0.6) is 11.5 Å². The molecule has 2 aromatic carbocycles. The average molecular weight is 271 g/mol. The van der Waals surface area contributed by atoms with E-state index in [0.29, 0.717) is 5.75 Å². The van der Waals surface area contributed by atoms with Crippen LogP contribution in [0.2, 0.25) is 0 Å². The van der Waals surface area contributed by atoms with Gasteiger partial charge in [0, 0.05) is 17.7 Å². The number of aliphatic hydroxyl groups is 1. The number of rotatable bonds is 6. The van der Waals surface area contributed by atoms with Gasteiger partial charge in [0.2, 0.25) is 0 Å². The molecule has 0 aliphatic heterocycles. The second-order valence-electron chi connectivity index (χ2n) is 4.76. The first kappa shape index (κ1) is 14.6. The molecule has 0 unspecified atom stereocenters. The smallest absolute Gasteiger partial charge is 0.132 e. The zero-order chi connectivity index (χ0) is 14.4. The van der Waals surface area contributed by atoms with Crippen molar-refractivity contribution in [1.29, 1.82) is 0 Å². The second-order valence-corrected chi connectivity index (χ2v) is 4.76. The fraction of sp³-hybridized carbons (Fsp3) is 0.294. The van der Waals surface area contributed by atoms with Crippen molar-refractivity contribution in [3.05, 3.63) is 59.2 Å². The van der Waals surface area contributed by atoms with E-state index >= 15 is 0 Å². The van der Waals surface area contributed by atoms with Crippen molar-refractivity contribution in [3.8, 4) is 11.5 Å². The maximum absolute atomic E-state index is 9.36. The lowest BCUT2D eigenvalue weighted by molar-refractivity contribution is 0.276. The first-order chi connectivity index (χ1) is 9.74. The summed E-state index contributed by atoms with van der Waals surface area (Å²) in [5.74, 6) is 1.54. The summed E-state index contributed by atoms with van der Waals surface area (Å²) >= 11 is 0. The van der Waals surface area contributed by atoms with Crippen molar-refractivity contribution in [2.45, 2.75) is 27.0 Å². The van der Waals surface area contributed by atoms with E-state index in [1.165, 1.54) is 5.56 Å². The Kier molecular flexibility index (Phi) is 5.16. The van der Waals surface area contributed by atoms with E-state index in [4.69, 9.17) is 4.74 Å². The van der Waals surface area contributed by atoms with Crippen LogP contribution in [0.25, 0.3) is 0 Å². The van der Waals surface area contributed by atoms with Gasteiger partial charge in [-0.25, -0.2) is 0 Å². The number of ether oxygens (including phenoxy) is 1. The summed E-state index contributed by atoms with van der Waals surface area (Å²) in [5.41, 5.74) is 3.13. The van der Waals surface area contributed by atoms with Crippen LogP contribution in [0.3, 0.4) is 0 Å². The molecule has 0 fully saturated rings. The van der Waals surface area contributed by atoms with Crippen LogP contribution in [0.15, 0.2) is 42.5 Å². The highest BCUT2D eigenvalue weighted by atomic mass is 16.5. The number of nitrogens with one attached hydrogen (secondary N) is 1. The zero-order valence-electron chi connectivity index (χ0n) is 12.0. The van der Waals surface area contributed by atoms with Crippen molar-refractivity contribution in [1.82, 2.24) is 5.32 Å². The second kappa shape index (κ2) is 7.08. The van der Waals surface area contributed by atoms with Crippen LogP contribution in [-0.2, 0) is 13.2 Å². The molecule has 0 saturated heterocycles. The van der Waals surface area contributed by atoms with Crippen LogP contribution < -0.4 is 10.1 Å². The molecule has 0 aromatic heterocycles. The Morgan fingerprint density at radius 2 is 1.80 bits per heavy atom. The topological polar surface area (TPSA) is 41.5 Å². The standard InChI is InChI=1S/C17H21NO2/c1-3-18-11-15-10-13(2)8-9-17(15)20-16-7-5-4-6-14(16)12-19/h4-10,18-19H,3,11-12H2,1-2H3. The van der Waals surface area contributed by atoms with Gasteiger partial charge in [0.15, 0.2) is 0 Å². The summed E-state index contributed by atoms with van der Waals surface area (Å²) in [5, 5.41) is 12.7. The largest absolute Gasteiger partial charge is 0.457 e. The zero-order valence-corrected chi connectivity index (χ0v) is 12.0. The van der Waals surface area contributed by atoms with Crippen LogP contribution in [0, 0.1) is 6.92 Å². The van der Waals surface area contributed by atoms with Gasteiger partial charge in [-0.1, -0.05) is 42.8 Å². The van der Waals surface area contributed by atoms with Crippen molar-refractivity contribution >= 4 is 0 Å². The van der Waals surface area contributed by atoms with Gasteiger partial charge in [0.25, 0.3) is 0 Å². The number of hydrogen-bond acceptors (Lipinski definition) is 3. The number of aliphatic hydroxyl groups excluding tert-OH is 1. The predicted octanol–water partition coefficient (Wildman–Crippen LogP) is 3.39. The van der Waals surface area contributed by atoms with Crippen LogP contribution in [0.1, 0.15) is 23.6 Å². The molecule has 2 aromatic rings. The Hall–Kier alpha value is -1.84. The molecule has 2 N–H and O–H groups in total. The van der Waals surface area contributed by atoms with Gasteiger partial charge >= 0.3 is 0 Å². The lowest BCUT2D eigenvalue weighted by atomic mass is 10.1. The van der Waals surface area contributed by atoms with Crippen LogP contribution in [-0.4, -0.2) is 11.7 Å². The van der Waals surface area contributed by atoms with E-state index in [1.54, 1.807) is 0 Å². The molecule has 3 heteroatoms. The Labute approximate surface area is 120 Å². The molecular formula is C17H21NO2.